The summed E-state index contributed by atoms with van der Waals surface area (Å²) in [5.41, 5.74) is 1.37. The molecule has 9 heteroatoms. The number of furan rings is 1. The molecule has 2 aliphatic rings. The van der Waals surface area contributed by atoms with Gasteiger partial charge in [0.15, 0.2) is 0 Å². The minimum absolute atomic E-state index is 0.0165. The Morgan fingerprint density at radius 1 is 1.00 bits per heavy atom. The summed E-state index contributed by atoms with van der Waals surface area (Å²) in [5, 5.41) is 2.91. The van der Waals surface area contributed by atoms with E-state index in [9.17, 15) is 18.0 Å². The summed E-state index contributed by atoms with van der Waals surface area (Å²) in [6, 6.07) is 13.3. The van der Waals surface area contributed by atoms with Gasteiger partial charge in [-0.05, 0) is 69.1 Å². The van der Waals surface area contributed by atoms with Crippen molar-refractivity contribution in [3.8, 4) is 0 Å². The van der Waals surface area contributed by atoms with E-state index < -0.39 is 16.0 Å². The number of hydrogen-bond acceptors (Lipinski definition) is 6. The number of piperidine rings is 1. The van der Waals surface area contributed by atoms with E-state index in [0.717, 1.165) is 25.7 Å². The first-order valence-corrected chi connectivity index (χ1v) is 13.4. The van der Waals surface area contributed by atoms with Crippen molar-refractivity contribution in [2.45, 2.75) is 62.5 Å². The Labute approximate surface area is 200 Å². The van der Waals surface area contributed by atoms with E-state index in [1.54, 1.807) is 6.92 Å². The first-order valence-electron chi connectivity index (χ1n) is 12.0. The van der Waals surface area contributed by atoms with E-state index in [4.69, 9.17) is 9.15 Å². The Morgan fingerprint density at radius 3 is 2.32 bits per heavy atom. The Hall–Kier alpha value is -2.65. The minimum atomic E-state index is -3.87. The molecule has 1 aliphatic heterocycles. The smallest absolute Gasteiger partial charge is 0.374 e. The van der Waals surface area contributed by atoms with Crippen LogP contribution in [0.1, 0.15) is 67.5 Å². The first-order chi connectivity index (χ1) is 16.4. The van der Waals surface area contributed by atoms with E-state index in [2.05, 4.69) is 29.6 Å². The highest BCUT2D eigenvalue weighted by atomic mass is 32.2. The van der Waals surface area contributed by atoms with Crippen molar-refractivity contribution < 1.29 is 27.2 Å². The highest BCUT2D eigenvalue weighted by Crippen LogP contribution is 2.33. The maximum atomic E-state index is 12.9. The fourth-order valence-corrected chi connectivity index (χ4v) is 6.25. The van der Waals surface area contributed by atoms with Crippen LogP contribution >= 0.6 is 0 Å². The number of benzene rings is 1. The molecule has 2 fully saturated rings. The van der Waals surface area contributed by atoms with E-state index >= 15 is 0 Å². The molecule has 2 heterocycles. The third-order valence-corrected chi connectivity index (χ3v) is 8.59. The van der Waals surface area contributed by atoms with Crippen molar-refractivity contribution in [2.75, 3.05) is 19.7 Å². The molecule has 8 nitrogen and oxygen atoms in total. The van der Waals surface area contributed by atoms with Crippen molar-refractivity contribution in [3.05, 3.63) is 53.8 Å². The lowest BCUT2D eigenvalue weighted by atomic mass is 9.81. The number of carbonyl (C=O) groups excluding carboxylic acids is 2. The molecule has 4 rings (SSSR count). The van der Waals surface area contributed by atoms with E-state index in [1.165, 1.54) is 22.0 Å². The number of hydrogen-bond donors (Lipinski definition) is 1. The maximum Gasteiger partial charge on any atom is 0.374 e. The van der Waals surface area contributed by atoms with Crippen LogP contribution in [0.15, 0.2) is 52.0 Å². The SMILES string of the molecule is CCOC(=O)c1ccc(S(=O)(=O)N2CCC(C(=O)NC3CCC(c4ccccc4)CC3)CC2)o1. The van der Waals surface area contributed by atoms with E-state index in [1.807, 2.05) is 6.07 Å². The zero-order chi connectivity index (χ0) is 24.1. The molecule has 0 radical (unpaired) electrons. The molecule has 184 valence electrons. The van der Waals surface area contributed by atoms with Crippen molar-refractivity contribution in [2.24, 2.45) is 5.92 Å². The van der Waals surface area contributed by atoms with Gasteiger partial charge in [0.1, 0.15) is 0 Å². The molecular weight excluding hydrogens is 456 g/mol. The molecular formula is C25H32N2O6S. The normalized spacial score (nSPS) is 22.3. The van der Waals surface area contributed by atoms with Gasteiger partial charge in [-0.25, -0.2) is 13.2 Å². The summed E-state index contributed by atoms with van der Waals surface area (Å²) in [5.74, 6) is -0.477. The van der Waals surface area contributed by atoms with Gasteiger partial charge in [0.05, 0.1) is 6.61 Å². The monoisotopic (exact) mass is 488 g/mol. The Bertz CT molecular complexity index is 1080. The molecule has 2 aromatic rings. The van der Waals surface area contributed by atoms with Gasteiger partial charge in [0, 0.05) is 25.0 Å². The number of sulfonamides is 1. The third-order valence-electron chi connectivity index (χ3n) is 6.82. The number of carbonyl (C=O) groups is 2. The highest BCUT2D eigenvalue weighted by Gasteiger charge is 2.35. The number of amides is 1. The summed E-state index contributed by atoms with van der Waals surface area (Å²) in [6.45, 7) is 2.30. The second kappa shape index (κ2) is 10.7. The Balaban J connectivity index is 1.26. The van der Waals surface area contributed by atoms with Crippen molar-refractivity contribution >= 4 is 21.9 Å². The summed E-state index contributed by atoms with van der Waals surface area (Å²) in [7, 11) is -3.87. The van der Waals surface area contributed by atoms with Crippen LogP contribution in [0, 0.1) is 5.92 Å². The molecule has 1 amide bonds. The van der Waals surface area contributed by atoms with Gasteiger partial charge >= 0.3 is 5.97 Å². The fraction of sp³-hybridized carbons (Fsp3) is 0.520. The average Bonchev–Trinajstić information content (AvgIpc) is 3.37. The molecule has 1 N–H and O–H groups in total. The van der Waals surface area contributed by atoms with Crippen LogP contribution in [-0.4, -0.2) is 50.3 Å². The zero-order valence-corrected chi connectivity index (χ0v) is 20.3. The lowest BCUT2D eigenvalue weighted by Crippen LogP contribution is -2.46. The standard InChI is InChI=1S/C25H32N2O6S/c1-2-32-25(29)22-12-13-23(33-22)34(30,31)27-16-14-20(15-17-27)24(28)26-21-10-8-19(9-11-21)18-6-4-3-5-7-18/h3-7,12-13,19-21H,2,8-11,14-17H2,1H3,(H,26,28). The summed E-state index contributed by atoms with van der Waals surface area (Å²) < 4.78 is 37.2. The molecule has 0 spiro atoms. The van der Waals surface area contributed by atoms with Gasteiger partial charge in [-0.1, -0.05) is 30.3 Å². The molecule has 0 atom stereocenters. The lowest BCUT2D eigenvalue weighted by molar-refractivity contribution is -0.127. The van der Waals surface area contributed by atoms with Gasteiger partial charge in [0.25, 0.3) is 10.0 Å². The Kier molecular flexibility index (Phi) is 7.73. The number of esters is 1. The number of rotatable bonds is 7. The van der Waals surface area contributed by atoms with Crippen LogP contribution in [0.2, 0.25) is 0 Å². The number of ether oxygens (including phenoxy) is 1. The predicted molar refractivity (Wildman–Crippen MR) is 126 cm³/mol. The van der Waals surface area contributed by atoms with Crippen molar-refractivity contribution in [1.29, 1.82) is 0 Å². The van der Waals surface area contributed by atoms with Gasteiger partial charge in [0.2, 0.25) is 16.8 Å². The predicted octanol–water partition coefficient (Wildman–Crippen LogP) is 3.70. The van der Waals surface area contributed by atoms with Crippen LogP contribution in [0.3, 0.4) is 0 Å². The Morgan fingerprint density at radius 2 is 1.68 bits per heavy atom. The van der Waals surface area contributed by atoms with Gasteiger partial charge < -0.3 is 14.5 Å². The van der Waals surface area contributed by atoms with Gasteiger partial charge in [-0.15, -0.1) is 0 Å². The van der Waals surface area contributed by atoms with Gasteiger partial charge in [-0.2, -0.15) is 4.31 Å². The molecule has 1 saturated carbocycles. The highest BCUT2D eigenvalue weighted by molar-refractivity contribution is 7.89. The summed E-state index contributed by atoms with van der Waals surface area (Å²) >= 11 is 0. The van der Waals surface area contributed by atoms with Crippen molar-refractivity contribution in [3.63, 3.8) is 0 Å². The van der Waals surface area contributed by atoms with Crippen molar-refractivity contribution in [1.82, 2.24) is 9.62 Å². The molecule has 1 aromatic heterocycles. The summed E-state index contributed by atoms with van der Waals surface area (Å²) in [6.07, 6.45) is 4.94. The van der Waals surface area contributed by atoms with E-state index in [0.29, 0.717) is 18.8 Å². The fourth-order valence-electron chi connectivity index (χ4n) is 4.87. The number of nitrogens with zero attached hydrogens (tertiary/aromatic N) is 1. The number of nitrogens with one attached hydrogen (secondary N) is 1. The molecule has 1 aliphatic carbocycles. The van der Waals surface area contributed by atoms with Crippen LogP contribution < -0.4 is 5.32 Å². The second-order valence-electron chi connectivity index (χ2n) is 8.99. The van der Waals surface area contributed by atoms with Crippen LogP contribution in [0.4, 0.5) is 0 Å². The first kappa shape index (κ1) is 24.5. The van der Waals surface area contributed by atoms with Gasteiger partial charge in [-0.3, -0.25) is 4.79 Å². The minimum Gasteiger partial charge on any atom is -0.460 e. The summed E-state index contributed by atoms with van der Waals surface area (Å²) in [4.78, 5) is 24.6. The van der Waals surface area contributed by atoms with Crippen LogP contribution in [0.25, 0.3) is 0 Å². The molecule has 0 unspecified atom stereocenters. The van der Waals surface area contributed by atoms with Crippen LogP contribution in [-0.2, 0) is 19.6 Å². The maximum absolute atomic E-state index is 12.9. The van der Waals surface area contributed by atoms with Crippen LogP contribution in [0.5, 0.6) is 0 Å². The third kappa shape index (κ3) is 5.52. The molecule has 1 aromatic carbocycles. The second-order valence-corrected chi connectivity index (χ2v) is 10.9. The molecule has 0 bridgehead atoms. The lowest BCUT2D eigenvalue weighted by Gasteiger charge is -2.33. The molecule has 1 saturated heterocycles. The van der Waals surface area contributed by atoms with E-state index in [-0.39, 0.29) is 48.4 Å². The largest absolute Gasteiger partial charge is 0.460 e. The quantitative estimate of drug-likeness (QED) is 0.596. The zero-order valence-electron chi connectivity index (χ0n) is 19.4. The topological polar surface area (TPSA) is 106 Å². The average molecular weight is 489 g/mol. The molecule has 34 heavy (non-hydrogen) atoms.